The van der Waals surface area contributed by atoms with E-state index in [0.29, 0.717) is 0 Å². The van der Waals surface area contributed by atoms with Gasteiger partial charge in [0.05, 0.1) is 6.20 Å². The second-order valence-electron chi connectivity index (χ2n) is 3.57. The molecule has 4 heteroatoms. The molecule has 0 bridgehead atoms. The number of anilines is 1. The normalized spacial score (nSPS) is 10.4. The molecule has 84 valence electrons. The summed E-state index contributed by atoms with van der Waals surface area (Å²) in [5, 5.41) is 7.59. The molecule has 0 atom stereocenters. The van der Waals surface area contributed by atoms with Crippen LogP contribution in [0.15, 0.2) is 41.1 Å². The molecule has 1 heterocycles. The summed E-state index contributed by atoms with van der Waals surface area (Å²) in [6.07, 6.45) is 3.96. The van der Waals surface area contributed by atoms with E-state index in [-0.39, 0.29) is 0 Å². The molecular weight excluding hydrogens is 266 g/mol. The summed E-state index contributed by atoms with van der Waals surface area (Å²) in [5.41, 5.74) is 2.31. The number of hydrogen-bond donors (Lipinski definition) is 1. The molecule has 1 N–H and O–H groups in total. The van der Waals surface area contributed by atoms with Gasteiger partial charge in [0.15, 0.2) is 0 Å². The number of halogens is 1. The Bertz CT molecular complexity index is 465. The van der Waals surface area contributed by atoms with Gasteiger partial charge in [-0.05, 0) is 25.1 Å². The van der Waals surface area contributed by atoms with E-state index in [1.54, 1.807) is 0 Å². The third-order valence-corrected chi connectivity index (χ3v) is 2.83. The molecule has 0 saturated heterocycles. The Balaban J connectivity index is 1.96. The van der Waals surface area contributed by atoms with Crippen LogP contribution in [-0.2, 0) is 13.1 Å². The van der Waals surface area contributed by atoms with Crippen molar-refractivity contribution in [3.63, 3.8) is 0 Å². The van der Waals surface area contributed by atoms with Gasteiger partial charge in [0, 0.05) is 35.0 Å². The maximum atomic E-state index is 4.23. The molecule has 0 saturated carbocycles. The first kappa shape index (κ1) is 11.2. The van der Waals surface area contributed by atoms with Gasteiger partial charge in [-0.3, -0.25) is 4.68 Å². The van der Waals surface area contributed by atoms with E-state index in [2.05, 4.69) is 51.6 Å². The Labute approximate surface area is 104 Å². The molecular formula is C12H14BrN3. The predicted molar refractivity (Wildman–Crippen MR) is 69.4 cm³/mol. The van der Waals surface area contributed by atoms with E-state index in [1.807, 2.05) is 23.0 Å². The van der Waals surface area contributed by atoms with Gasteiger partial charge in [-0.25, -0.2) is 0 Å². The summed E-state index contributed by atoms with van der Waals surface area (Å²) < 4.78 is 3.01. The Morgan fingerprint density at radius 3 is 3.00 bits per heavy atom. The summed E-state index contributed by atoms with van der Waals surface area (Å²) in [7, 11) is 0. The zero-order chi connectivity index (χ0) is 11.4. The number of nitrogens with one attached hydrogen (secondary N) is 1. The molecule has 3 nitrogen and oxygen atoms in total. The van der Waals surface area contributed by atoms with Crippen LogP contribution in [0.25, 0.3) is 0 Å². The minimum Gasteiger partial charge on any atom is -0.381 e. The number of nitrogens with zero attached hydrogens (tertiary/aromatic N) is 2. The molecule has 0 fully saturated rings. The number of aromatic nitrogens is 2. The van der Waals surface area contributed by atoms with Crippen LogP contribution in [0.3, 0.4) is 0 Å². The van der Waals surface area contributed by atoms with Crippen molar-refractivity contribution in [2.45, 2.75) is 20.0 Å². The van der Waals surface area contributed by atoms with E-state index in [1.165, 1.54) is 5.56 Å². The monoisotopic (exact) mass is 279 g/mol. The number of hydrogen-bond acceptors (Lipinski definition) is 2. The quantitative estimate of drug-likeness (QED) is 0.931. The van der Waals surface area contributed by atoms with Crippen molar-refractivity contribution >= 4 is 21.6 Å². The van der Waals surface area contributed by atoms with Crippen molar-refractivity contribution < 1.29 is 0 Å². The molecule has 0 aliphatic heterocycles. The van der Waals surface area contributed by atoms with Gasteiger partial charge in [0.25, 0.3) is 0 Å². The predicted octanol–water partition coefficient (Wildman–Crippen LogP) is 3.28. The van der Waals surface area contributed by atoms with Gasteiger partial charge >= 0.3 is 0 Å². The van der Waals surface area contributed by atoms with Crippen LogP contribution < -0.4 is 5.32 Å². The lowest BCUT2D eigenvalue weighted by atomic mass is 10.3. The van der Waals surface area contributed by atoms with Gasteiger partial charge in [0.1, 0.15) is 0 Å². The van der Waals surface area contributed by atoms with Crippen molar-refractivity contribution in [2.24, 2.45) is 0 Å². The van der Waals surface area contributed by atoms with Crippen LogP contribution in [0.4, 0.5) is 5.69 Å². The molecule has 0 aliphatic rings. The van der Waals surface area contributed by atoms with Crippen LogP contribution in [0.2, 0.25) is 0 Å². The van der Waals surface area contributed by atoms with E-state index < -0.39 is 0 Å². The van der Waals surface area contributed by atoms with E-state index in [9.17, 15) is 0 Å². The van der Waals surface area contributed by atoms with E-state index in [0.717, 1.165) is 23.2 Å². The standard InChI is InChI=1S/C12H14BrN3/c1-2-16-9-10(8-15-16)7-14-12-5-3-4-11(13)6-12/h3-6,8-9,14H,2,7H2,1H3. The lowest BCUT2D eigenvalue weighted by Gasteiger charge is -2.04. The lowest BCUT2D eigenvalue weighted by molar-refractivity contribution is 0.659. The Morgan fingerprint density at radius 2 is 2.31 bits per heavy atom. The molecule has 0 amide bonds. The fourth-order valence-electron chi connectivity index (χ4n) is 1.47. The minimum absolute atomic E-state index is 0.802. The SMILES string of the molecule is CCn1cc(CNc2cccc(Br)c2)cn1. The van der Waals surface area contributed by atoms with Crippen molar-refractivity contribution in [1.29, 1.82) is 0 Å². The molecule has 0 spiro atoms. The molecule has 16 heavy (non-hydrogen) atoms. The molecule has 1 aromatic carbocycles. The fourth-order valence-corrected chi connectivity index (χ4v) is 1.87. The first-order valence-electron chi connectivity index (χ1n) is 5.28. The second-order valence-corrected chi connectivity index (χ2v) is 4.48. The van der Waals surface area contributed by atoms with Crippen molar-refractivity contribution in [1.82, 2.24) is 9.78 Å². The third-order valence-electron chi connectivity index (χ3n) is 2.33. The molecule has 2 aromatic rings. The van der Waals surface area contributed by atoms with Crippen molar-refractivity contribution in [2.75, 3.05) is 5.32 Å². The molecule has 1 aromatic heterocycles. The molecule has 0 aliphatic carbocycles. The summed E-state index contributed by atoms with van der Waals surface area (Å²) in [6, 6.07) is 8.14. The van der Waals surface area contributed by atoms with Crippen LogP contribution in [0, 0.1) is 0 Å². The topological polar surface area (TPSA) is 29.9 Å². The highest BCUT2D eigenvalue weighted by Gasteiger charge is 1.97. The summed E-state index contributed by atoms with van der Waals surface area (Å²) >= 11 is 3.45. The van der Waals surface area contributed by atoms with Gasteiger partial charge in [-0.1, -0.05) is 22.0 Å². The maximum absolute atomic E-state index is 4.23. The second kappa shape index (κ2) is 5.16. The molecule has 0 radical (unpaired) electrons. The summed E-state index contributed by atoms with van der Waals surface area (Å²) in [5.74, 6) is 0. The van der Waals surface area contributed by atoms with Crippen LogP contribution in [0.5, 0.6) is 0 Å². The van der Waals surface area contributed by atoms with Gasteiger partial charge in [-0.2, -0.15) is 5.10 Å². The lowest BCUT2D eigenvalue weighted by Crippen LogP contribution is -1.98. The van der Waals surface area contributed by atoms with Crippen LogP contribution >= 0.6 is 15.9 Å². The van der Waals surface area contributed by atoms with Gasteiger partial charge < -0.3 is 5.32 Å². The zero-order valence-electron chi connectivity index (χ0n) is 9.15. The highest BCUT2D eigenvalue weighted by Crippen LogP contribution is 2.16. The Kier molecular flexibility index (Phi) is 3.62. The number of aryl methyl sites for hydroxylation is 1. The van der Waals surface area contributed by atoms with Crippen molar-refractivity contribution in [3.8, 4) is 0 Å². The number of benzene rings is 1. The van der Waals surface area contributed by atoms with Crippen LogP contribution in [-0.4, -0.2) is 9.78 Å². The largest absolute Gasteiger partial charge is 0.381 e. The smallest absolute Gasteiger partial charge is 0.0539 e. The first-order valence-corrected chi connectivity index (χ1v) is 6.08. The summed E-state index contributed by atoms with van der Waals surface area (Å²) in [6.45, 7) is 3.80. The van der Waals surface area contributed by atoms with E-state index >= 15 is 0 Å². The third kappa shape index (κ3) is 2.85. The Hall–Kier alpha value is -1.29. The highest BCUT2D eigenvalue weighted by atomic mass is 79.9. The average Bonchev–Trinajstić information content (AvgIpc) is 2.74. The van der Waals surface area contributed by atoms with E-state index in [4.69, 9.17) is 0 Å². The van der Waals surface area contributed by atoms with Crippen molar-refractivity contribution in [3.05, 3.63) is 46.7 Å². The molecule has 2 rings (SSSR count). The average molecular weight is 280 g/mol. The van der Waals surface area contributed by atoms with Gasteiger partial charge in [0.2, 0.25) is 0 Å². The highest BCUT2D eigenvalue weighted by molar-refractivity contribution is 9.10. The Morgan fingerprint density at radius 1 is 1.44 bits per heavy atom. The van der Waals surface area contributed by atoms with Gasteiger partial charge in [-0.15, -0.1) is 0 Å². The summed E-state index contributed by atoms with van der Waals surface area (Å²) in [4.78, 5) is 0. The van der Waals surface area contributed by atoms with Crippen LogP contribution in [0.1, 0.15) is 12.5 Å². The fraction of sp³-hybridized carbons (Fsp3) is 0.250. The first-order chi connectivity index (χ1) is 7.78. The maximum Gasteiger partial charge on any atom is 0.0539 e. The zero-order valence-corrected chi connectivity index (χ0v) is 10.7. The number of rotatable bonds is 4. The molecule has 0 unspecified atom stereocenters. The minimum atomic E-state index is 0.802.